The third-order valence-corrected chi connectivity index (χ3v) is 3.90. The van der Waals surface area contributed by atoms with Gasteiger partial charge in [-0.05, 0) is 18.2 Å². The molecule has 1 aromatic rings. The van der Waals surface area contributed by atoms with Gasteiger partial charge in [0.1, 0.15) is 0 Å². The number of thioether (sulfide) groups is 1. The van der Waals surface area contributed by atoms with Gasteiger partial charge in [-0.15, -0.1) is 0 Å². The second kappa shape index (κ2) is 6.76. The van der Waals surface area contributed by atoms with Gasteiger partial charge in [0.25, 0.3) is 5.24 Å². The Hall–Kier alpha value is -1.54. The van der Waals surface area contributed by atoms with Crippen LogP contribution in [-0.4, -0.2) is 40.9 Å². The molecule has 0 saturated carbocycles. The Balaban J connectivity index is 1.75. The molecule has 4 amide bonds. The monoisotopic (exact) mass is 357 g/mol. The number of amides is 4. The van der Waals surface area contributed by atoms with E-state index in [4.69, 9.17) is 0 Å². The maximum atomic E-state index is 11.6. The van der Waals surface area contributed by atoms with Gasteiger partial charge in [-0.2, -0.15) is 0 Å². The predicted molar refractivity (Wildman–Crippen MR) is 80.7 cm³/mol. The van der Waals surface area contributed by atoms with Crippen LogP contribution in [0.15, 0.2) is 28.7 Å². The quantitative estimate of drug-likeness (QED) is 0.866. The van der Waals surface area contributed by atoms with Gasteiger partial charge in [-0.25, -0.2) is 4.79 Å². The molecule has 1 saturated heterocycles. The van der Waals surface area contributed by atoms with Crippen molar-refractivity contribution in [2.45, 2.75) is 0 Å². The first-order valence-corrected chi connectivity index (χ1v) is 7.61. The Morgan fingerprint density at radius 3 is 2.85 bits per heavy atom. The van der Waals surface area contributed by atoms with Crippen LogP contribution in [0.25, 0.3) is 0 Å². The van der Waals surface area contributed by atoms with Gasteiger partial charge in [0.15, 0.2) is 0 Å². The lowest BCUT2D eigenvalue weighted by Gasteiger charge is -2.13. The minimum Gasteiger partial charge on any atom is -0.336 e. The first-order valence-electron chi connectivity index (χ1n) is 5.84. The summed E-state index contributed by atoms with van der Waals surface area (Å²) in [6, 6.07) is 6.80. The molecule has 1 aromatic carbocycles. The number of anilines is 1. The first kappa shape index (κ1) is 14.9. The van der Waals surface area contributed by atoms with Crippen LogP contribution >= 0.6 is 27.7 Å². The summed E-state index contributed by atoms with van der Waals surface area (Å²) in [6.45, 7) is 0.411. The number of nitrogens with zero attached hydrogens (tertiary/aromatic N) is 1. The SMILES string of the molecule is O=C(NCCN1C(=O)CSC1=O)Nc1cccc(Br)c1. The molecule has 8 heteroatoms. The van der Waals surface area contributed by atoms with E-state index in [0.717, 1.165) is 21.1 Å². The van der Waals surface area contributed by atoms with E-state index in [9.17, 15) is 14.4 Å². The molecule has 0 unspecified atom stereocenters. The molecule has 1 aliphatic heterocycles. The van der Waals surface area contributed by atoms with E-state index in [2.05, 4.69) is 26.6 Å². The highest BCUT2D eigenvalue weighted by Gasteiger charge is 2.29. The molecule has 1 fully saturated rings. The van der Waals surface area contributed by atoms with Crippen molar-refractivity contribution in [3.63, 3.8) is 0 Å². The van der Waals surface area contributed by atoms with Gasteiger partial charge in [-0.1, -0.05) is 33.8 Å². The van der Waals surface area contributed by atoms with Gasteiger partial charge in [0.05, 0.1) is 5.75 Å². The second-order valence-electron chi connectivity index (χ2n) is 3.99. The molecule has 0 bridgehead atoms. The summed E-state index contributed by atoms with van der Waals surface area (Å²) in [5.74, 6) is -0.0301. The second-order valence-corrected chi connectivity index (χ2v) is 5.83. The molecule has 2 N–H and O–H groups in total. The van der Waals surface area contributed by atoms with Gasteiger partial charge >= 0.3 is 6.03 Å². The number of rotatable bonds is 4. The zero-order chi connectivity index (χ0) is 14.5. The molecule has 0 radical (unpaired) electrons. The summed E-state index contributed by atoms with van der Waals surface area (Å²) in [6.07, 6.45) is 0. The van der Waals surface area contributed by atoms with Gasteiger partial charge in [-0.3, -0.25) is 14.5 Å². The minimum absolute atomic E-state index is 0.184. The van der Waals surface area contributed by atoms with E-state index in [0.29, 0.717) is 5.69 Å². The van der Waals surface area contributed by atoms with Gasteiger partial charge in [0.2, 0.25) is 5.91 Å². The molecule has 0 atom stereocenters. The zero-order valence-electron chi connectivity index (χ0n) is 10.4. The van der Waals surface area contributed by atoms with Crippen LogP contribution in [0.2, 0.25) is 0 Å². The average molecular weight is 358 g/mol. The molecule has 2 rings (SSSR count). The molecule has 0 aliphatic carbocycles. The molecule has 20 heavy (non-hydrogen) atoms. The molecular weight excluding hydrogens is 346 g/mol. The summed E-state index contributed by atoms with van der Waals surface area (Å²) in [4.78, 5) is 35.4. The van der Waals surface area contributed by atoms with Crippen molar-refractivity contribution < 1.29 is 14.4 Å². The standard InChI is InChI=1S/C12H12BrN3O3S/c13-8-2-1-3-9(6-8)15-11(18)14-4-5-16-10(17)7-20-12(16)19/h1-3,6H,4-5,7H2,(H2,14,15,18). The number of halogens is 1. The highest BCUT2D eigenvalue weighted by atomic mass is 79.9. The third kappa shape index (κ3) is 3.97. The number of imide groups is 1. The van der Waals surface area contributed by atoms with E-state index in [1.165, 1.54) is 0 Å². The summed E-state index contributed by atoms with van der Waals surface area (Å²) >= 11 is 4.29. The maximum absolute atomic E-state index is 11.6. The number of benzene rings is 1. The summed E-state index contributed by atoms with van der Waals surface area (Å²) < 4.78 is 0.862. The molecule has 0 spiro atoms. The average Bonchev–Trinajstić information content (AvgIpc) is 2.70. The van der Waals surface area contributed by atoms with Crippen LogP contribution in [0.1, 0.15) is 0 Å². The van der Waals surface area contributed by atoms with Crippen LogP contribution < -0.4 is 10.6 Å². The Labute approximate surface area is 128 Å². The largest absolute Gasteiger partial charge is 0.336 e. The van der Waals surface area contributed by atoms with Crippen molar-refractivity contribution in [3.05, 3.63) is 28.7 Å². The molecule has 6 nitrogen and oxygen atoms in total. The predicted octanol–water partition coefficient (Wildman–Crippen LogP) is 2.27. The highest BCUT2D eigenvalue weighted by molar-refractivity contribution is 9.10. The lowest BCUT2D eigenvalue weighted by molar-refractivity contribution is -0.124. The number of hydrogen-bond acceptors (Lipinski definition) is 4. The lowest BCUT2D eigenvalue weighted by Crippen LogP contribution is -2.39. The van der Waals surface area contributed by atoms with E-state index in [1.54, 1.807) is 18.2 Å². The van der Waals surface area contributed by atoms with E-state index >= 15 is 0 Å². The zero-order valence-corrected chi connectivity index (χ0v) is 12.8. The molecular formula is C12H12BrN3O3S. The summed E-state index contributed by atoms with van der Waals surface area (Å²) in [7, 11) is 0. The fourth-order valence-corrected chi connectivity index (χ4v) is 2.77. The van der Waals surface area contributed by atoms with Crippen LogP contribution in [0, 0.1) is 0 Å². The van der Waals surface area contributed by atoms with Crippen LogP contribution in [0.4, 0.5) is 15.3 Å². The van der Waals surface area contributed by atoms with Crippen molar-refractivity contribution in [1.82, 2.24) is 10.2 Å². The minimum atomic E-state index is -0.380. The van der Waals surface area contributed by atoms with Crippen molar-refractivity contribution in [1.29, 1.82) is 0 Å². The Morgan fingerprint density at radius 2 is 2.20 bits per heavy atom. The molecule has 0 aromatic heterocycles. The van der Waals surface area contributed by atoms with Crippen LogP contribution in [0.3, 0.4) is 0 Å². The van der Waals surface area contributed by atoms with E-state index in [1.807, 2.05) is 6.07 Å². The highest BCUT2D eigenvalue weighted by Crippen LogP contribution is 2.18. The number of hydrogen-bond donors (Lipinski definition) is 2. The van der Waals surface area contributed by atoms with Gasteiger partial charge in [0, 0.05) is 23.2 Å². The van der Waals surface area contributed by atoms with Crippen molar-refractivity contribution in [2.24, 2.45) is 0 Å². The van der Waals surface area contributed by atoms with Gasteiger partial charge < -0.3 is 10.6 Å². The van der Waals surface area contributed by atoms with Crippen LogP contribution in [0.5, 0.6) is 0 Å². The maximum Gasteiger partial charge on any atom is 0.319 e. The first-order chi connectivity index (χ1) is 9.56. The topological polar surface area (TPSA) is 78.5 Å². The fraction of sp³-hybridized carbons (Fsp3) is 0.250. The Morgan fingerprint density at radius 1 is 1.40 bits per heavy atom. The number of carbonyl (C=O) groups is 3. The normalized spacial score (nSPS) is 14.6. The van der Waals surface area contributed by atoms with Crippen LogP contribution in [-0.2, 0) is 4.79 Å². The Kier molecular flexibility index (Phi) is 5.02. The lowest BCUT2D eigenvalue weighted by atomic mass is 10.3. The third-order valence-electron chi connectivity index (χ3n) is 2.54. The van der Waals surface area contributed by atoms with Crippen molar-refractivity contribution in [3.8, 4) is 0 Å². The summed E-state index contributed by atoms with van der Waals surface area (Å²) in [5, 5.41) is 4.99. The number of carbonyl (C=O) groups excluding carboxylic acids is 3. The van der Waals surface area contributed by atoms with Crippen molar-refractivity contribution >= 4 is 50.6 Å². The molecule has 106 valence electrons. The number of nitrogens with one attached hydrogen (secondary N) is 2. The van der Waals surface area contributed by atoms with Crippen molar-refractivity contribution in [2.75, 3.05) is 24.2 Å². The number of urea groups is 1. The Bertz CT molecular complexity index is 537. The summed E-state index contributed by atoms with van der Waals surface area (Å²) in [5.41, 5.74) is 0.653. The smallest absolute Gasteiger partial charge is 0.319 e. The molecule has 1 heterocycles. The fourth-order valence-electron chi connectivity index (χ4n) is 1.62. The van der Waals surface area contributed by atoms with E-state index < -0.39 is 0 Å². The molecule has 1 aliphatic rings. The van der Waals surface area contributed by atoms with E-state index in [-0.39, 0.29) is 36.0 Å².